The molecule has 2 rings (SSSR count). The smallest absolute Gasteiger partial charge is 0.387 e. The average molecular weight is 457 g/mol. The summed E-state index contributed by atoms with van der Waals surface area (Å²) in [4.78, 5) is 35.3. The molecule has 31 heavy (non-hydrogen) atoms. The fourth-order valence-corrected chi connectivity index (χ4v) is 2.71. The van der Waals surface area contributed by atoms with Crippen LogP contribution in [0, 0.1) is 0 Å². The third kappa shape index (κ3) is 7.98. The number of nitrogens with one attached hydrogen (secondary N) is 2. The van der Waals surface area contributed by atoms with Crippen LogP contribution in [0.5, 0.6) is 5.75 Å². The number of esters is 1. The summed E-state index contributed by atoms with van der Waals surface area (Å²) in [5.74, 6) is -2.59. The maximum Gasteiger partial charge on any atom is 0.387 e. The monoisotopic (exact) mass is 457 g/mol. The van der Waals surface area contributed by atoms with E-state index in [2.05, 4.69) is 15.4 Å². The van der Waals surface area contributed by atoms with Crippen LogP contribution in [0.2, 0.25) is 0 Å². The first-order valence-electron chi connectivity index (χ1n) is 8.46. The molecule has 0 aliphatic carbocycles. The van der Waals surface area contributed by atoms with Crippen molar-refractivity contribution in [2.75, 3.05) is 18.5 Å². The fraction of sp³-hybridized carbons (Fsp3) is 0.167. The van der Waals surface area contributed by atoms with Crippen LogP contribution >= 0.6 is 0 Å². The molecule has 0 saturated heterocycles. The SMILES string of the molecule is NS(=O)(=O)c1ccc(NC(=O)COC(=O)CNC(=O)c2cccc(OC(F)F)c2)cc1. The van der Waals surface area contributed by atoms with E-state index < -0.39 is 47.6 Å². The molecule has 0 heterocycles. The first-order valence-corrected chi connectivity index (χ1v) is 10.0. The number of ether oxygens (including phenoxy) is 2. The number of benzene rings is 2. The Hall–Kier alpha value is -3.58. The van der Waals surface area contributed by atoms with Gasteiger partial charge in [-0.05, 0) is 42.5 Å². The minimum absolute atomic E-state index is 0.0216. The van der Waals surface area contributed by atoms with Gasteiger partial charge in [0.25, 0.3) is 11.8 Å². The predicted octanol–water partition coefficient (Wildman–Crippen LogP) is 0.847. The van der Waals surface area contributed by atoms with Crippen LogP contribution in [-0.2, 0) is 24.3 Å². The summed E-state index contributed by atoms with van der Waals surface area (Å²) in [5.41, 5.74) is 0.222. The van der Waals surface area contributed by atoms with E-state index in [1.165, 1.54) is 42.5 Å². The van der Waals surface area contributed by atoms with Gasteiger partial charge in [-0.1, -0.05) is 6.07 Å². The molecule has 0 unspecified atom stereocenters. The molecule has 2 aromatic carbocycles. The molecule has 0 aromatic heterocycles. The van der Waals surface area contributed by atoms with Gasteiger partial charge in [-0.3, -0.25) is 14.4 Å². The Morgan fingerprint density at radius 1 is 1.06 bits per heavy atom. The lowest BCUT2D eigenvalue weighted by Gasteiger charge is -2.09. The van der Waals surface area contributed by atoms with Crippen molar-refractivity contribution in [2.45, 2.75) is 11.5 Å². The molecule has 4 N–H and O–H groups in total. The van der Waals surface area contributed by atoms with Crippen molar-refractivity contribution in [1.82, 2.24) is 5.32 Å². The van der Waals surface area contributed by atoms with Crippen LogP contribution < -0.4 is 20.5 Å². The molecule has 0 aliphatic rings. The van der Waals surface area contributed by atoms with Crippen LogP contribution in [0.4, 0.5) is 14.5 Å². The summed E-state index contributed by atoms with van der Waals surface area (Å²) in [6.45, 7) is -4.29. The Morgan fingerprint density at radius 3 is 2.35 bits per heavy atom. The van der Waals surface area contributed by atoms with Crippen molar-refractivity contribution in [2.24, 2.45) is 5.14 Å². The van der Waals surface area contributed by atoms with Crippen LogP contribution in [0.3, 0.4) is 0 Å². The van der Waals surface area contributed by atoms with E-state index in [1.807, 2.05) is 0 Å². The first-order chi connectivity index (χ1) is 14.5. The molecule has 0 aliphatic heterocycles. The van der Waals surface area contributed by atoms with Gasteiger partial charge >= 0.3 is 12.6 Å². The number of rotatable bonds is 9. The number of hydrogen-bond donors (Lipinski definition) is 3. The number of alkyl halides is 2. The molecular formula is C18H17F2N3O7S. The van der Waals surface area contributed by atoms with E-state index in [0.717, 1.165) is 6.07 Å². The van der Waals surface area contributed by atoms with Gasteiger partial charge in [0.1, 0.15) is 12.3 Å². The Morgan fingerprint density at radius 2 is 1.74 bits per heavy atom. The van der Waals surface area contributed by atoms with Crippen LogP contribution in [0.25, 0.3) is 0 Å². The lowest BCUT2D eigenvalue weighted by atomic mass is 10.2. The summed E-state index contributed by atoms with van der Waals surface area (Å²) < 4.78 is 55.7. The van der Waals surface area contributed by atoms with Crippen molar-refractivity contribution in [3.8, 4) is 5.75 Å². The lowest BCUT2D eigenvalue weighted by molar-refractivity contribution is -0.146. The normalized spacial score (nSPS) is 11.0. The standard InChI is InChI=1S/C18H17F2N3O7S/c19-18(20)30-13-3-1-2-11(8-13)17(26)22-9-16(25)29-10-15(24)23-12-4-6-14(7-5-12)31(21,27)28/h1-8,18H,9-10H2,(H,22,26)(H,23,24)(H2,21,27,28). The van der Waals surface area contributed by atoms with E-state index in [9.17, 15) is 31.6 Å². The van der Waals surface area contributed by atoms with Gasteiger partial charge in [0, 0.05) is 11.3 Å². The Kier molecular flexibility index (Phi) is 7.99. The van der Waals surface area contributed by atoms with Gasteiger partial charge in [0.05, 0.1) is 4.90 Å². The second-order valence-electron chi connectivity index (χ2n) is 5.87. The molecule has 0 spiro atoms. The van der Waals surface area contributed by atoms with Crippen molar-refractivity contribution < 1.29 is 41.1 Å². The first kappa shape index (κ1) is 23.7. The van der Waals surface area contributed by atoms with Crippen LogP contribution in [0.1, 0.15) is 10.4 Å². The van der Waals surface area contributed by atoms with E-state index in [1.54, 1.807) is 0 Å². The molecule has 0 atom stereocenters. The summed E-state index contributed by atoms with van der Waals surface area (Å²) in [6.07, 6.45) is 0. The zero-order chi connectivity index (χ0) is 23.0. The average Bonchev–Trinajstić information content (AvgIpc) is 2.70. The van der Waals surface area contributed by atoms with Crippen LogP contribution in [-0.4, -0.2) is 46.0 Å². The third-order valence-electron chi connectivity index (χ3n) is 3.55. The number of halogens is 2. The van der Waals surface area contributed by atoms with Crippen molar-refractivity contribution >= 4 is 33.5 Å². The summed E-state index contributed by atoms with van der Waals surface area (Å²) in [6, 6.07) is 9.93. The van der Waals surface area contributed by atoms with E-state index in [0.29, 0.717) is 0 Å². The zero-order valence-corrected chi connectivity index (χ0v) is 16.5. The van der Waals surface area contributed by atoms with E-state index >= 15 is 0 Å². The Bertz CT molecular complexity index is 1060. The predicted molar refractivity (Wildman–Crippen MR) is 103 cm³/mol. The molecular weight excluding hydrogens is 440 g/mol. The Balaban J connectivity index is 1.77. The van der Waals surface area contributed by atoms with Crippen molar-refractivity contribution in [3.63, 3.8) is 0 Å². The third-order valence-corrected chi connectivity index (χ3v) is 4.47. The number of nitrogens with two attached hydrogens (primary N) is 1. The summed E-state index contributed by atoms with van der Waals surface area (Å²) in [5, 5.41) is 9.55. The molecule has 0 fully saturated rings. The second kappa shape index (κ2) is 10.4. The topological polar surface area (TPSA) is 154 Å². The number of carbonyl (C=O) groups excluding carboxylic acids is 3. The number of sulfonamides is 1. The maximum absolute atomic E-state index is 12.2. The van der Waals surface area contributed by atoms with Gasteiger partial charge in [-0.25, -0.2) is 13.6 Å². The van der Waals surface area contributed by atoms with Gasteiger partial charge in [-0.15, -0.1) is 0 Å². The quantitative estimate of drug-likeness (QED) is 0.472. The summed E-state index contributed by atoms with van der Waals surface area (Å²) in [7, 11) is -3.87. The molecule has 2 amide bonds. The van der Waals surface area contributed by atoms with E-state index in [4.69, 9.17) is 9.88 Å². The lowest BCUT2D eigenvalue weighted by Crippen LogP contribution is -2.32. The van der Waals surface area contributed by atoms with Crippen LogP contribution in [0.15, 0.2) is 53.4 Å². The molecule has 0 saturated carbocycles. The highest BCUT2D eigenvalue weighted by Gasteiger charge is 2.13. The molecule has 10 nitrogen and oxygen atoms in total. The number of hydrogen-bond acceptors (Lipinski definition) is 7. The number of carbonyl (C=O) groups is 3. The van der Waals surface area contributed by atoms with Gasteiger partial charge in [0.2, 0.25) is 10.0 Å². The van der Waals surface area contributed by atoms with Crippen molar-refractivity contribution in [3.05, 3.63) is 54.1 Å². The Labute approximate surface area is 175 Å². The number of anilines is 1. The summed E-state index contributed by atoms with van der Waals surface area (Å²) >= 11 is 0. The van der Waals surface area contributed by atoms with E-state index in [-0.39, 0.29) is 21.9 Å². The molecule has 13 heteroatoms. The minimum Gasteiger partial charge on any atom is -0.454 e. The largest absolute Gasteiger partial charge is 0.454 e. The highest BCUT2D eigenvalue weighted by molar-refractivity contribution is 7.89. The number of amides is 2. The highest BCUT2D eigenvalue weighted by atomic mass is 32.2. The molecule has 0 bridgehead atoms. The highest BCUT2D eigenvalue weighted by Crippen LogP contribution is 2.16. The number of primary sulfonamides is 1. The fourth-order valence-electron chi connectivity index (χ4n) is 2.19. The maximum atomic E-state index is 12.2. The van der Waals surface area contributed by atoms with Gasteiger partial charge < -0.3 is 20.1 Å². The molecule has 166 valence electrons. The zero-order valence-electron chi connectivity index (χ0n) is 15.7. The van der Waals surface area contributed by atoms with Gasteiger partial charge in [0.15, 0.2) is 6.61 Å². The van der Waals surface area contributed by atoms with Gasteiger partial charge in [-0.2, -0.15) is 8.78 Å². The molecule has 0 radical (unpaired) electrons. The van der Waals surface area contributed by atoms with Crippen molar-refractivity contribution in [1.29, 1.82) is 0 Å². The molecule has 2 aromatic rings. The minimum atomic E-state index is -3.87. The second-order valence-corrected chi connectivity index (χ2v) is 7.43.